The molecule has 0 aromatic heterocycles. The molecule has 24 heavy (non-hydrogen) atoms. The van der Waals surface area contributed by atoms with Crippen LogP contribution in [0.1, 0.15) is 43.0 Å². The van der Waals surface area contributed by atoms with Crippen molar-refractivity contribution >= 4 is 5.91 Å². The predicted octanol–water partition coefficient (Wildman–Crippen LogP) is 3.88. The summed E-state index contributed by atoms with van der Waals surface area (Å²) in [5, 5.41) is 0. The summed E-state index contributed by atoms with van der Waals surface area (Å²) in [5.41, 5.74) is 3.22. The molecule has 1 aliphatic heterocycles. The van der Waals surface area contributed by atoms with Crippen molar-refractivity contribution in [3.8, 4) is 0 Å². The van der Waals surface area contributed by atoms with E-state index in [1.54, 1.807) is 0 Å². The first-order chi connectivity index (χ1) is 11.6. The summed E-state index contributed by atoms with van der Waals surface area (Å²) in [6, 6.07) is 18.7. The Kier molecular flexibility index (Phi) is 3.69. The standard InChI is InChI=1S/C21H23NO2/c1-21(2)22(19(23)13-12-15-8-4-3-5-9-15)20-17-11-7-6-10-16(17)14-18(20)24-21/h3-11,18,20H,12-14H2,1-2H3. The lowest BCUT2D eigenvalue weighted by molar-refractivity contribution is -0.147. The maximum Gasteiger partial charge on any atom is 0.225 e. The second-order valence-electron chi connectivity index (χ2n) is 7.20. The van der Waals surface area contributed by atoms with Gasteiger partial charge in [0.15, 0.2) is 0 Å². The molecular weight excluding hydrogens is 298 g/mol. The summed E-state index contributed by atoms with van der Waals surface area (Å²) in [5.74, 6) is 0.174. The number of nitrogens with zero attached hydrogens (tertiary/aromatic N) is 1. The topological polar surface area (TPSA) is 29.5 Å². The maximum absolute atomic E-state index is 13.0. The van der Waals surface area contributed by atoms with Crippen LogP contribution in [0.15, 0.2) is 54.6 Å². The Morgan fingerprint density at radius 2 is 1.83 bits per heavy atom. The molecule has 2 aliphatic rings. The Morgan fingerprint density at radius 1 is 1.12 bits per heavy atom. The van der Waals surface area contributed by atoms with Gasteiger partial charge in [0.25, 0.3) is 0 Å². The highest BCUT2D eigenvalue weighted by atomic mass is 16.5. The molecule has 1 amide bonds. The van der Waals surface area contributed by atoms with E-state index in [0.29, 0.717) is 6.42 Å². The van der Waals surface area contributed by atoms with E-state index in [9.17, 15) is 4.79 Å². The molecule has 1 fully saturated rings. The molecule has 1 saturated heterocycles. The Bertz CT molecular complexity index is 753. The monoisotopic (exact) mass is 321 g/mol. The van der Waals surface area contributed by atoms with Crippen LogP contribution in [-0.4, -0.2) is 22.6 Å². The SMILES string of the molecule is CC1(C)OC2Cc3ccccc3C2N1C(=O)CCc1ccccc1. The molecule has 0 bridgehead atoms. The van der Waals surface area contributed by atoms with Crippen LogP contribution in [0.25, 0.3) is 0 Å². The lowest BCUT2D eigenvalue weighted by Gasteiger charge is -2.34. The molecule has 2 aromatic carbocycles. The van der Waals surface area contributed by atoms with Crippen molar-refractivity contribution in [1.82, 2.24) is 4.90 Å². The van der Waals surface area contributed by atoms with Gasteiger partial charge in [-0.05, 0) is 37.0 Å². The summed E-state index contributed by atoms with van der Waals surface area (Å²) in [4.78, 5) is 15.0. The molecular formula is C21H23NO2. The third kappa shape index (κ3) is 2.53. The van der Waals surface area contributed by atoms with Crippen LogP contribution in [0.5, 0.6) is 0 Å². The number of ether oxygens (including phenoxy) is 1. The molecule has 1 heterocycles. The number of amides is 1. The van der Waals surface area contributed by atoms with E-state index >= 15 is 0 Å². The van der Waals surface area contributed by atoms with Crippen LogP contribution in [-0.2, 0) is 22.4 Å². The third-order valence-electron chi connectivity index (χ3n) is 5.18. The van der Waals surface area contributed by atoms with Crippen LogP contribution in [0.2, 0.25) is 0 Å². The highest BCUT2D eigenvalue weighted by molar-refractivity contribution is 5.78. The summed E-state index contributed by atoms with van der Waals surface area (Å²) in [6.07, 6.45) is 2.26. The van der Waals surface area contributed by atoms with Gasteiger partial charge in [0.05, 0.1) is 12.1 Å². The smallest absolute Gasteiger partial charge is 0.225 e. The summed E-state index contributed by atoms with van der Waals surface area (Å²) >= 11 is 0. The zero-order valence-electron chi connectivity index (χ0n) is 14.2. The maximum atomic E-state index is 13.0. The second kappa shape index (κ2) is 5.75. The zero-order valence-corrected chi connectivity index (χ0v) is 14.2. The van der Waals surface area contributed by atoms with E-state index in [-0.39, 0.29) is 18.1 Å². The summed E-state index contributed by atoms with van der Waals surface area (Å²) in [6.45, 7) is 4.02. The fourth-order valence-corrected chi connectivity index (χ4v) is 4.18. The number of aryl methyl sites for hydroxylation is 1. The molecule has 0 saturated carbocycles. The molecule has 0 radical (unpaired) electrons. The van der Waals surface area contributed by atoms with Gasteiger partial charge in [-0.3, -0.25) is 4.79 Å². The van der Waals surface area contributed by atoms with E-state index in [4.69, 9.17) is 4.74 Å². The number of hydrogen-bond donors (Lipinski definition) is 0. The highest BCUT2D eigenvalue weighted by Crippen LogP contribution is 2.48. The zero-order chi connectivity index (χ0) is 16.7. The average molecular weight is 321 g/mol. The van der Waals surface area contributed by atoms with Crippen molar-refractivity contribution < 1.29 is 9.53 Å². The van der Waals surface area contributed by atoms with Gasteiger partial charge in [0, 0.05) is 12.8 Å². The minimum Gasteiger partial charge on any atom is -0.350 e. The number of carbonyl (C=O) groups excluding carboxylic acids is 1. The van der Waals surface area contributed by atoms with Gasteiger partial charge in [0.1, 0.15) is 5.72 Å². The molecule has 124 valence electrons. The molecule has 3 heteroatoms. The van der Waals surface area contributed by atoms with Crippen molar-refractivity contribution in [2.24, 2.45) is 0 Å². The Labute approximate surface area is 143 Å². The van der Waals surface area contributed by atoms with Crippen LogP contribution >= 0.6 is 0 Å². The first-order valence-electron chi connectivity index (χ1n) is 8.68. The number of benzene rings is 2. The first-order valence-corrected chi connectivity index (χ1v) is 8.68. The molecule has 2 atom stereocenters. The van der Waals surface area contributed by atoms with E-state index in [1.165, 1.54) is 16.7 Å². The lowest BCUT2D eigenvalue weighted by Crippen LogP contribution is -2.44. The van der Waals surface area contributed by atoms with E-state index in [2.05, 4.69) is 36.4 Å². The molecule has 4 rings (SSSR count). The fourth-order valence-electron chi connectivity index (χ4n) is 4.18. The van der Waals surface area contributed by atoms with Crippen molar-refractivity contribution in [2.45, 2.75) is 51.0 Å². The third-order valence-corrected chi connectivity index (χ3v) is 5.18. The molecule has 2 unspecified atom stereocenters. The predicted molar refractivity (Wildman–Crippen MR) is 93.4 cm³/mol. The highest BCUT2D eigenvalue weighted by Gasteiger charge is 2.53. The minimum absolute atomic E-state index is 0.0551. The van der Waals surface area contributed by atoms with Crippen molar-refractivity contribution in [1.29, 1.82) is 0 Å². The number of rotatable bonds is 3. The minimum atomic E-state index is -0.545. The largest absolute Gasteiger partial charge is 0.350 e. The summed E-state index contributed by atoms with van der Waals surface area (Å²) in [7, 11) is 0. The van der Waals surface area contributed by atoms with Crippen LogP contribution in [0, 0.1) is 0 Å². The van der Waals surface area contributed by atoms with Gasteiger partial charge in [-0.1, -0.05) is 54.6 Å². The van der Waals surface area contributed by atoms with Crippen molar-refractivity contribution in [3.63, 3.8) is 0 Å². The van der Waals surface area contributed by atoms with Gasteiger partial charge in [-0.15, -0.1) is 0 Å². The lowest BCUT2D eigenvalue weighted by atomic mass is 10.0. The Balaban J connectivity index is 1.57. The van der Waals surface area contributed by atoms with Gasteiger partial charge in [-0.25, -0.2) is 0 Å². The van der Waals surface area contributed by atoms with Gasteiger partial charge < -0.3 is 9.64 Å². The van der Waals surface area contributed by atoms with Crippen LogP contribution in [0.3, 0.4) is 0 Å². The Hall–Kier alpha value is -2.13. The molecule has 0 spiro atoms. The molecule has 2 aromatic rings. The van der Waals surface area contributed by atoms with E-state index in [1.807, 2.05) is 36.9 Å². The molecule has 0 N–H and O–H groups in total. The van der Waals surface area contributed by atoms with Crippen LogP contribution in [0.4, 0.5) is 0 Å². The van der Waals surface area contributed by atoms with E-state index in [0.717, 1.165) is 12.8 Å². The number of carbonyl (C=O) groups is 1. The summed E-state index contributed by atoms with van der Waals surface area (Å²) < 4.78 is 6.25. The van der Waals surface area contributed by atoms with Gasteiger partial charge in [0.2, 0.25) is 5.91 Å². The first kappa shape index (κ1) is 15.4. The van der Waals surface area contributed by atoms with Crippen molar-refractivity contribution in [2.75, 3.05) is 0 Å². The fraction of sp³-hybridized carbons (Fsp3) is 0.381. The molecule has 1 aliphatic carbocycles. The van der Waals surface area contributed by atoms with Crippen LogP contribution < -0.4 is 0 Å². The normalized spacial score (nSPS) is 23.8. The average Bonchev–Trinajstić information content (AvgIpc) is 3.04. The van der Waals surface area contributed by atoms with Gasteiger partial charge in [-0.2, -0.15) is 0 Å². The Morgan fingerprint density at radius 3 is 2.62 bits per heavy atom. The molecule has 3 nitrogen and oxygen atoms in total. The second-order valence-corrected chi connectivity index (χ2v) is 7.20. The number of hydrogen-bond acceptors (Lipinski definition) is 2. The van der Waals surface area contributed by atoms with Crippen molar-refractivity contribution in [3.05, 3.63) is 71.3 Å². The number of fused-ring (bicyclic) bond motifs is 3. The van der Waals surface area contributed by atoms with Gasteiger partial charge >= 0.3 is 0 Å². The van der Waals surface area contributed by atoms with E-state index < -0.39 is 5.72 Å². The quantitative estimate of drug-likeness (QED) is 0.858.